The highest BCUT2D eigenvalue weighted by molar-refractivity contribution is 5.55. The van der Waals surface area contributed by atoms with Crippen molar-refractivity contribution < 1.29 is 9.47 Å². The lowest BCUT2D eigenvalue weighted by atomic mass is 9.94. The van der Waals surface area contributed by atoms with Gasteiger partial charge in [0, 0.05) is 39.7 Å². The van der Waals surface area contributed by atoms with Crippen molar-refractivity contribution in [3.05, 3.63) is 16.8 Å². The number of hydrogen-bond donors (Lipinski definition) is 1. The van der Waals surface area contributed by atoms with Crippen molar-refractivity contribution in [1.82, 2.24) is 10.2 Å². The van der Waals surface area contributed by atoms with Gasteiger partial charge in [-0.1, -0.05) is 0 Å². The molecule has 108 valence electrons. The largest absolute Gasteiger partial charge is 0.381 e. The minimum absolute atomic E-state index is 0.258. The van der Waals surface area contributed by atoms with Crippen molar-refractivity contribution in [3.63, 3.8) is 0 Å². The van der Waals surface area contributed by atoms with E-state index in [0.29, 0.717) is 31.1 Å². The molecule has 0 atom stereocenters. The Kier molecular flexibility index (Phi) is 4.53. The van der Waals surface area contributed by atoms with Crippen molar-refractivity contribution in [2.45, 2.75) is 32.3 Å². The maximum Gasteiger partial charge on any atom is 0.167 e. The number of ether oxygens (including phenoxy) is 2. The number of aromatic nitrogens is 2. The van der Waals surface area contributed by atoms with Crippen LogP contribution in [0.2, 0.25) is 0 Å². The van der Waals surface area contributed by atoms with Gasteiger partial charge in [0.25, 0.3) is 0 Å². The van der Waals surface area contributed by atoms with Gasteiger partial charge in [-0.25, -0.2) is 0 Å². The van der Waals surface area contributed by atoms with Gasteiger partial charge in [-0.3, -0.25) is 0 Å². The van der Waals surface area contributed by atoms with Crippen LogP contribution in [0.5, 0.6) is 0 Å². The van der Waals surface area contributed by atoms with Crippen molar-refractivity contribution in [3.8, 4) is 6.07 Å². The van der Waals surface area contributed by atoms with Crippen molar-refractivity contribution >= 4 is 5.82 Å². The molecule has 0 aromatic carbocycles. The van der Waals surface area contributed by atoms with E-state index in [9.17, 15) is 5.26 Å². The standard InChI is InChI=1S/C14H20N4O2/c1-10-11(2)17-18-13(12(10)8-15)16-9-14(19-3)4-6-20-7-5-14/h4-7,9H2,1-3H3,(H,16,18). The van der Waals surface area contributed by atoms with Crippen LogP contribution in [0.25, 0.3) is 0 Å². The van der Waals surface area contributed by atoms with Gasteiger partial charge in [-0.05, 0) is 19.4 Å². The summed E-state index contributed by atoms with van der Waals surface area (Å²) in [5, 5.41) is 20.6. The minimum atomic E-state index is -0.258. The topological polar surface area (TPSA) is 80.1 Å². The smallest absolute Gasteiger partial charge is 0.167 e. The Morgan fingerprint density at radius 3 is 2.65 bits per heavy atom. The molecule has 6 nitrogen and oxygen atoms in total. The maximum atomic E-state index is 9.27. The number of hydrogen-bond acceptors (Lipinski definition) is 6. The highest BCUT2D eigenvalue weighted by Crippen LogP contribution is 2.26. The van der Waals surface area contributed by atoms with Crippen LogP contribution in [0, 0.1) is 25.2 Å². The molecule has 1 aliphatic heterocycles. The fourth-order valence-corrected chi connectivity index (χ4v) is 2.31. The van der Waals surface area contributed by atoms with Gasteiger partial charge in [0.2, 0.25) is 0 Å². The van der Waals surface area contributed by atoms with Crippen molar-refractivity contribution in [1.29, 1.82) is 5.26 Å². The van der Waals surface area contributed by atoms with E-state index in [1.165, 1.54) is 0 Å². The molecule has 2 heterocycles. The van der Waals surface area contributed by atoms with E-state index in [2.05, 4.69) is 21.6 Å². The molecule has 1 aromatic rings. The fraction of sp³-hybridized carbons (Fsp3) is 0.643. The van der Waals surface area contributed by atoms with E-state index in [4.69, 9.17) is 9.47 Å². The third-order valence-corrected chi connectivity index (χ3v) is 3.98. The van der Waals surface area contributed by atoms with Crippen molar-refractivity contribution in [2.24, 2.45) is 0 Å². The third kappa shape index (κ3) is 2.89. The highest BCUT2D eigenvalue weighted by atomic mass is 16.5. The summed E-state index contributed by atoms with van der Waals surface area (Å²) in [5.74, 6) is 0.526. The summed E-state index contributed by atoms with van der Waals surface area (Å²) in [6.45, 7) is 5.72. The molecule has 0 saturated carbocycles. The van der Waals surface area contributed by atoms with Gasteiger partial charge in [0.05, 0.1) is 11.3 Å². The molecule has 0 aliphatic carbocycles. The summed E-state index contributed by atoms with van der Waals surface area (Å²) in [7, 11) is 1.71. The lowest BCUT2D eigenvalue weighted by Gasteiger charge is -2.36. The number of rotatable bonds is 4. The second-order valence-electron chi connectivity index (χ2n) is 5.10. The Morgan fingerprint density at radius 1 is 1.35 bits per heavy atom. The summed E-state index contributed by atoms with van der Waals surface area (Å²) < 4.78 is 11.0. The first-order chi connectivity index (χ1) is 9.62. The molecule has 0 amide bonds. The lowest BCUT2D eigenvalue weighted by molar-refractivity contribution is -0.0807. The number of nitrogens with one attached hydrogen (secondary N) is 1. The molecule has 1 fully saturated rings. The van der Waals surface area contributed by atoms with Crippen LogP contribution >= 0.6 is 0 Å². The SMILES string of the molecule is COC1(CNc2nnc(C)c(C)c2C#N)CCOCC1. The molecule has 0 unspecified atom stereocenters. The predicted molar refractivity (Wildman–Crippen MR) is 74.5 cm³/mol. The van der Waals surface area contributed by atoms with Gasteiger partial charge in [-0.15, -0.1) is 5.10 Å². The van der Waals surface area contributed by atoms with E-state index < -0.39 is 0 Å². The molecular formula is C14H20N4O2. The Hall–Kier alpha value is -1.71. The molecule has 1 N–H and O–H groups in total. The quantitative estimate of drug-likeness (QED) is 0.899. The average Bonchev–Trinajstić information content (AvgIpc) is 2.49. The predicted octanol–water partition coefficient (Wildman–Crippen LogP) is 1.57. The average molecular weight is 276 g/mol. The summed E-state index contributed by atoms with van der Waals surface area (Å²) >= 11 is 0. The molecule has 0 spiro atoms. The van der Waals surface area contributed by atoms with Crippen LogP contribution in [0.4, 0.5) is 5.82 Å². The number of nitriles is 1. The number of nitrogens with zero attached hydrogens (tertiary/aromatic N) is 3. The Balaban J connectivity index is 2.14. The second kappa shape index (κ2) is 6.16. The summed E-state index contributed by atoms with van der Waals surface area (Å²) in [5.41, 5.74) is 1.93. The Bertz CT molecular complexity index is 519. The zero-order valence-electron chi connectivity index (χ0n) is 12.2. The summed E-state index contributed by atoms with van der Waals surface area (Å²) in [6.07, 6.45) is 1.66. The van der Waals surface area contributed by atoms with Crippen molar-refractivity contribution in [2.75, 3.05) is 32.2 Å². The minimum Gasteiger partial charge on any atom is -0.381 e. The first-order valence-electron chi connectivity index (χ1n) is 6.72. The highest BCUT2D eigenvalue weighted by Gasteiger charge is 2.32. The molecule has 6 heteroatoms. The first-order valence-corrected chi connectivity index (χ1v) is 6.72. The molecule has 1 aromatic heterocycles. The van der Waals surface area contributed by atoms with Crippen LogP contribution in [-0.2, 0) is 9.47 Å². The van der Waals surface area contributed by atoms with E-state index in [1.54, 1.807) is 7.11 Å². The van der Waals surface area contributed by atoms with Crippen LogP contribution in [0.3, 0.4) is 0 Å². The summed E-state index contributed by atoms with van der Waals surface area (Å²) in [6, 6.07) is 2.19. The van der Waals surface area contributed by atoms with Crippen LogP contribution in [-0.4, -0.2) is 42.7 Å². The number of methoxy groups -OCH3 is 1. The van der Waals surface area contributed by atoms with E-state index in [0.717, 1.165) is 24.1 Å². The molecular weight excluding hydrogens is 256 g/mol. The molecule has 1 aliphatic rings. The second-order valence-corrected chi connectivity index (χ2v) is 5.10. The first kappa shape index (κ1) is 14.7. The van der Waals surface area contributed by atoms with Crippen LogP contribution in [0.1, 0.15) is 29.7 Å². The zero-order valence-corrected chi connectivity index (χ0v) is 12.2. The van der Waals surface area contributed by atoms with Crippen LogP contribution < -0.4 is 5.32 Å². The lowest BCUT2D eigenvalue weighted by Crippen LogP contribution is -2.44. The van der Waals surface area contributed by atoms with E-state index in [1.807, 2.05) is 13.8 Å². The summed E-state index contributed by atoms with van der Waals surface area (Å²) in [4.78, 5) is 0. The molecule has 20 heavy (non-hydrogen) atoms. The van der Waals surface area contributed by atoms with Crippen LogP contribution in [0.15, 0.2) is 0 Å². The zero-order chi connectivity index (χ0) is 14.6. The number of aryl methyl sites for hydroxylation is 1. The molecule has 1 saturated heterocycles. The molecule has 2 rings (SSSR count). The normalized spacial score (nSPS) is 17.5. The fourth-order valence-electron chi connectivity index (χ4n) is 2.31. The van der Waals surface area contributed by atoms with Gasteiger partial charge in [-0.2, -0.15) is 10.4 Å². The maximum absolute atomic E-state index is 9.27. The third-order valence-electron chi connectivity index (χ3n) is 3.98. The molecule has 0 bridgehead atoms. The monoisotopic (exact) mass is 276 g/mol. The Labute approximate surface area is 119 Å². The van der Waals surface area contributed by atoms with Gasteiger partial charge >= 0.3 is 0 Å². The number of anilines is 1. The van der Waals surface area contributed by atoms with Gasteiger partial charge in [0.1, 0.15) is 11.6 Å². The van der Waals surface area contributed by atoms with Gasteiger partial charge < -0.3 is 14.8 Å². The molecule has 0 radical (unpaired) electrons. The van der Waals surface area contributed by atoms with Gasteiger partial charge in [0.15, 0.2) is 5.82 Å². The van der Waals surface area contributed by atoms with E-state index >= 15 is 0 Å². The van der Waals surface area contributed by atoms with E-state index in [-0.39, 0.29) is 5.60 Å². The Morgan fingerprint density at radius 2 is 2.05 bits per heavy atom.